The summed E-state index contributed by atoms with van der Waals surface area (Å²) in [5.41, 5.74) is 4.68. The van der Waals surface area contributed by atoms with E-state index in [1.807, 2.05) is 38.1 Å². The Hall–Kier alpha value is -2.82. The number of hydrogen-bond acceptors (Lipinski definition) is 4. The Morgan fingerprint density at radius 3 is 2.31 bits per heavy atom. The highest BCUT2D eigenvalue weighted by molar-refractivity contribution is 6.02. The van der Waals surface area contributed by atoms with E-state index in [1.54, 1.807) is 24.3 Å². The lowest BCUT2D eigenvalue weighted by Crippen LogP contribution is -2.19. The molecule has 0 fully saturated rings. The smallest absolute Gasteiger partial charge is 0.271 e. The van der Waals surface area contributed by atoms with Crippen LogP contribution >= 0.6 is 0 Å². The van der Waals surface area contributed by atoms with Gasteiger partial charge >= 0.3 is 0 Å². The third kappa shape index (κ3) is 5.62. The zero-order valence-electron chi connectivity index (χ0n) is 15.6. The van der Waals surface area contributed by atoms with Gasteiger partial charge < -0.3 is 9.47 Å². The van der Waals surface area contributed by atoms with Crippen molar-refractivity contribution in [1.82, 2.24) is 5.43 Å². The van der Waals surface area contributed by atoms with Crippen molar-refractivity contribution in [2.24, 2.45) is 5.10 Å². The predicted molar refractivity (Wildman–Crippen MR) is 104 cm³/mol. The Bertz CT molecular complexity index is 739. The minimum absolute atomic E-state index is 0.265. The topological polar surface area (TPSA) is 59.9 Å². The Morgan fingerprint density at radius 1 is 0.962 bits per heavy atom. The van der Waals surface area contributed by atoms with Gasteiger partial charge in [-0.3, -0.25) is 4.79 Å². The van der Waals surface area contributed by atoms with Crippen molar-refractivity contribution in [3.63, 3.8) is 0 Å². The Morgan fingerprint density at radius 2 is 1.62 bits per heavy atom. The van der Waals surface area contributed by atoms with E-state index < -0.39 is 0 Å². The molecule has 0 radical (unpaired) electrons. The maximum atomic E-state index is 12.3. The van der Waals surface area contributed by atoms with Crippen molar-refractivity contribution >= 4 is 11.6 Å². The fourth-order valence-electron chi connectivity index (χ4n) is 2.29. The molecule has 2 aromatic rings. The Balaban J connectivity index is 2.03. The van der Waals surface area contributed by atoms with Crippen LogP contribution in [0, 0.1) is 0 Å². The number of nitrogens with one attached hydrogen (secondary N) is 1. The van der Waals surface area contributed by atoms with Gasteiger partial charge in [-0.15, -0.1) is 0 Å². The molecule has 0 aliphatic carbocycles. The molecule has 5 nitrogen and oxygen atoms in total. The number of benzene rings is 2. The summed E-state index contributed by atoms with van der Waals surface area (Å²) in [6.45, 7) is 7.25. The van der Waals surface area contributed by atoms with Gasteiger partial charge in [0, 0.05) is 11.1 Å². The molecule has 138 valence electrons. The lowest BCUT2D eigenvalue weighted by atomic mass is 10.1. The summed E-state index contributed by atoms with van der Waals surface area (Å²) < 4.78 is 11.3. The van der Waals surface area contributed by atoms with Gasteiger partial charge in [0.1, 0.15) is 11.5 Å². The first-order valence-corrected chi connectivity index (χ1v) is 8.95. The van der Waals surface area contributed by atoms with Crippen LogP contribution in [0.5, 0.6) is 11.5 Å². The third-order valence-electron chi connectivity index (χ3n) is 3.65. The number of rotatable bonds is 9. The Labute approximate surface area is 155 Å². The number of hydrogen-bond donors (Lipinski definition) is 1. The van der Waals surface area contributed by atoms with Gasteiger partial charge in [-0.1, -0.05) is 26.0 Å². The quantitative estimate of drug-likeness (QED) is 0.536. The minimum Gasteiger partial charge on any atom is -0.494 e. The normalized spacial score (nSPS) is 11.1. The zero-order chi connectivity index (χ0) is 18.8. The van der Waals surface area contributed by atoms with Gasteiger partial charge in [0.25, 0.3) is 5.91 Å². The van der Waals surface area contributed by atoms with E-state index in [0.717, 1.165) is 29.9 Å². The van der Waals surface area contributed by atoms with Crippen LogP contribution in [0.2, 0.25) is 0 Å². The zero-order valence-corrected chi connectivity index (χ0v) is 15.6. The average molecular weight is 354 g/mol. The summed E-state index contributed by atoms with van der Waals surface area (Å²) in [7, 11) is 0. The van der Waals surface area contributed by atoms with Crippen molar-refractivity contribution in [2.75, 3.05) is 13.2 Å². The highest BCUT2D eigenvalue weighted by atomic mass is 16.5. The average Bonchev–Trinajstić information content (AvgIpc) is 2.69. The molecule has 0 spiro atoms. The molecule has 0 saturated carbocycles. The first kappa shape index (κ1) is 19.5. The van der Waals surface area contributed by atoms with Gasteiger partial charge in [-0.2, -0.15) is 5.10 Å². The summed E-state index contributed by atoms with van der Waals surface area (Å²) in [5, 5.41) is 4.22. The standard InChI is InChI=1S/C21H26N2O3/c1-4-14-25-18-12-10-17(11-13-18)21(24)23-22-16(3)19-8-6-7-9-20(19)26-15-5-2/h6-13H,4-5,14-15H2,1-3H3,(H,23,24)/b22-16-. The molecular weight excluding hydrogens is 328 g/mol. The van der Waals surface area contributed by atoms with Crippen LogP contribution in [0.1, 0.15) is 49.5 Å². The van der Waals surface area contributed by atoms with E-state index in [0.29, 0.717) is 24.5 Å². The predicted octanol–water partition coefficient (Wildman–Crippen LogP) is 4.42. The van der Waals surface area contributed by atoms with Gasteiger partial charge in [0.15, 0.2) is 0 Å². The van der Waals surface area contributed by atoms with Crippen molar-refractivity contribution < 1.29 is 14.3 Å². The fourth-order valence-corrected chi connectivity index (χ4v) is 2.29. The van der Waals surface area contributed by atoms with Crippen LogP contribution in [0.25, 0.3) is 0 Å². The highest BCUT2D eigenvalue weighted by Crippen LogP contribution is 2.19. The maximum absolute atomic E-state index is 12.3. The second-order valence-electron chi connectivity index (χ2n) is 5.86. The Kier molecular flexibility index (Phi) is 7.68. The second-order valence-corrected chi connectivity index (χ2v) is 5.86. The van der Waals surface area contributed by atoms with Gasteiger partial charge in [0.2, 0.25) is 0 Å². The maximum Gasteiger partial charge on any atom is 0.271 e. The van der Waals surface area contributed by atoms with E-state index in [-0.39, 0.29) is 5.91 Å². The summed E-state index contributed by atoms with van der Waals surface area (Å²) in [5.74, 6) is 1.26. The van der Waals surface area contributed by atoms with E-state index >= 15 is 0 Å². The number of carbonyl (C=O) groups is 1. The second kappa shape index (κ2) is 10.2. The summed E-state index contributed by atoms with van der Waals surface area (Å²) in [6.07, 6.45) is 1.87. The van der Waals surface area contributed by atoms with Crippen LogP contribution in [0.4, 0.5) is 0 Å². The van der Waals surface area contributed by atoms with Gasteiger partial charge in [-0.05, 0) is 56.2 Å². The molecule has 0 aliphatic rings. The molecule has 0 bridgehead atoms. The molecule has 5 heteroatoms. The molecule has 0 aliphatic heterocycles. The van der Waals surface area contributed by atoms with Crippen molar-refractivity contribution in [1.29, 1.82) is 0 Å². The molecule has 2 aromatic carbocycles. The number of nitrogens with zero attached hydrogens (tertiary/aromatic N) is 1. The molecule has 26 heavy (non-hydrogen) atoms. The van der Waals surface area contributed by atoms with E-state index in [2.05, 4.69) is 17.5 Å². The monoisotopic (exact) mass is 354 g/mol. The largest absolute Gasteiger partial charge is 0.494 e. The SMILES string of the molecule is CCCOc1ccc(C(=O)N/N=C(/C)c2ccccc2OCCC)cc1. The van der Waals surface area contributed by atoms with Crippen molar-refractivity contribution in [2.45, 2.75) is 33.6 Å². The number of ether oxygens (including phenoxy) is 2. The first-order chi connectivity index (χ1) is 12.7. The van der Waals surface area contributed by atoms with E-state index in [1.165, 1.54) is 0 Å². The fraction of sp³-hybridized carbons (Fsp3) is 0.333. The van der Waals surface area contributed by atoms with Crippen molar-refractivity contribution in [3.05, 3.63) is 59.7 Å². The molecule has 0 aromatic heterocycles. The number of hydrazone groups is 1. The van der Waals surface area contributed by atoms with Crippen LogP contribution in [-0.2, 0) is 0 Å². The lowest BCUT2D eigenvalue weighted by molar-refractivity contribution is 0.0955. The molecule has 1 amide bonds. The first-order valence-electron chi connectivity index (χ1n) is 8.95. The van der Waals surface area contributed by atoms with E-state index in [9.17, 15) is 4.79 Å². The van der Waals surface area contributed by atoms with Gasteiger partial charge in [0.05, 0.1) is 18.9 Å². The molecule has 0 heterocycles. The molecule has 0 unspecified atom stereocenters. The summed E-state index contributed by atoms with van der Waals surface area (Å²) in [6, 6.07) is 14.7. The van der Waals surface area contributed by atoms with Crippen LogP contribution in [0.3, 0.4) is 0 Å². The van der Waals surface area contributed by atoms with Crippen LogP contribution < -0.4 is 14.9 Å². The highest BCUT2D eigenvalue weighted by Gasteiger charge is 2.08. The number of para-hydroxylation sites is 1. The minimum atomic E-state index is -0.265. The number of carbonyl (C=O) groups excluding carboxylic acids is 1. The molecule has 0 atom stereocenters. The van der Waals surface area contributed by atoms with Gasteiger partial charge in [-0.25, -0.2) is 5.43 Å². The molecule has 0 saturated heterocycles. The third-order valence-corrected chi connectivity index (χ3v) is 3.65. The van der Waals surface area contributed by atoms with E-state index in [4.69, 9.17) is 9.47 Å². The summed E-state index contributed by atoms with van der Waals surface area (Å²) >= 11 is 0. The number of amides is 1. The summed E-state index contributed by atoms with van der Waals surface area (Å²) in [4.78, 5) is 12.3. The van der Waals surface area contributed by atoms with Crippen LogP contribution in [-0.4, -0.2) is 24.8 Å². The lowest BCUT2D eigenvalue weighted by Gasteiger charge is -2.10. The molecule has 1 N–H and O–H groups in total. The van der Waals surface area contributed by atoms with Crippen molar-refractivity contribution in [3.8, 4) is 11.5 Å². The molecule has 2 rings (SSSR count). The van der Waals surface area contributed by atoms with Crippen LogP contribution in [0.15, 0.2) is 53.6 Å². The molecular formula is C21H26N2O3.